The van der Waals surface area contributed by atoms with E-state index in [0.29, 0.717) is 10.6 Å². The highest BCUT2D eigenvalue weighted by Gasteiger charge is 2.13. The van der Waals surface area contributed by atoms with Crippen LogP contribution in [0, 0.1) is 0 Å². The van der Waals surface area contributed by atoms with Crippen LogP contribution in [0.2, 0.25) is 5.02 Å². The lowest BCUT2D eigenvalue weighted by molar-refractivity contribution is -0.122. The molecule has 1 amide bonds. The van der Waals surface area contributed by atoms with Crippen molar-refractivity contribution >= 4 is 34.0 Å². The monoisotopic (exact) mass is 341 g/mol. The smallest absolute Gasteiger partial charge is 0.241 e. The molecule has 3 N–H and O–H groups in total. The van der Waals surface area contributed by atoms with Crippen molar-refractivity contribution in [1.29, 1.82) is 0 Å². The minimum Gasteiger partial charge on any atom is -0.388 e. The molecule has 0 fully saturated rings. The number of nitrogens with one attached hydrogen (secondary N) is 2. The van der Waals surface area contributed by atoms with Crippen molar-refractivity contribution < 1.29 is 9.90 Å². The Balaban J connectivity index is 1.62. The first kappa shape index (κ1) is 16.2. The average molecular weight is 342 g/mol. The van der Waals surface area contributed by atoms with Crippen LogP contribution in [0.25, 0.3) is 10.8 Å². The molecule has 1 heterocycles. The molecule has 0 bridgehead atoms. The van der Waals surface area contributed by atoms with E-state index in [0.717, 1.165) is 16.5 Å². The summed E-state index contributed by atoms with van der Waals surface area (Å²) in [5, 5.41) is 12.6. The number of carbonyl (C=O) groups excluding carboxylic acids is 1. The molecule has 122 valence electrons. The average Bonchev–Trinajstić information content (AvgIpc) is 2.60. The number of aliphatic hydroxyl groups is 1. The van der Waals surface area contributed by atoms with Gasteiger partial charge in [0.05, 0.1) is 18.2 Å². The number of benzene rings is 2. The minimum atomic E-state index is -0.888. The molecule has 0 aliphatic heterocycles. The molecule has 3 aromatic rings. The van der Waals surface area contributed by atoms with E-state index < -0.39 is 6.10 Å². The van der Waals surface area contributed by atoms with Crippen molar-refractivity contribution in [2.24, 2.45) is 0 Å². The molecule has 1 aromatic heterocycles. The zero-order valence-corrected chi connectivity index (χ0v) is 13.5. The van der Waals surface area contributed by atoms with Crippen LogP contribution in [0.15, 0.2) is 60.9 Å². The first-order valence-corrected chi connectivity index (χ1v) is 7.82. The van der Waals surface area contributed by atoms with E-state index in [1.54, 1.807) is 36.7 Å². The minimum absolute atomic E-state index is 0.0546. The maximum atomic E-state index is 12.0. The van der Waals surface area contributed by atoms with E-state index in [1.165, 1.54) is 0 Å². The maximum Gasteiger partial charge on any atom is 0.241 e. The quantitative estimate of drug-likeness (QED) is 0.621. The van der Waals surface area contributed by atoms with Gasteiger partial charge < -0.3 is 5.11 Å². The second-order valence-electron chi connectivity index (χ2n) is 5.35. The number of anilines is 1. The molecule has 0 radical (unpaired) electrons. The molecule has 0 aliphatic rings. The fraction of sp³-hybridized carbons (Fsp3) is 0.111. The summed E-state index contributed by atoms with van der Waals surface area (Å²) in [6.45, 7) is 0. The van der Waals surface area contributed by atoms with Gasteiger partial charge >= 0.3 is 0 Å². The van der Waals surface area contributed by atoms with E-state index >= 15 is 0 Å². The summed E-state index contributed by atoms with van der Waals surface area (Å²) in [5.74, 6) is -0.316. The molecule has 5 nitrogen and oxygen atoms in total. The van der Waals surface area contributed by atoms with Gasteiger partial charge in [0.25, 0.3) is 0 Å². The summed E-state index contributed by atoms with van der Waals surface area (Å²) in [7, 11) is 0. The summed E-state index contributed by atoms with van der Waals surface area (Å²) in [6, 6.07) is 14.3. The highest BCUT2D eigenvalue weighted by Crippen LogP contribution is 2.22. The van der Waals surface area contributed by atoms with Gasteiger partial charge in [0, 0.05) is 28.2 Å². The zero-order valence-electron chi connectivity index (χ0n) is 12.7. The van der Waals surface area contributed by atoms with Gasteiger partial charge in [-0.3, -0.25) is 20.6 Å². The fourth-order valence-electron chi connectivity index (χ4n) is 2.40. The normalized spacial score (nSPS) is 11.9. The Bertz CT molecular complexity index is 847. The second kappa shape index (κ2) is 7.29. The Hall–Kier alpha value is -2.63. The van der Waals surface area contributed by atoms with Gasteiger partial charge in [-0.2, -0.15) is 0 Å². The Morgan fingerprint density at radius 2 is 1.96 bits per heavy atom. The summed E-state index contributed by atoms with van der Waals surface area (Å²) >= 11 is 5.81. The fourth-order valence-corrected chi connectivity index (χ4v) is 2.52. The number of fused-ring (bicyclic) bond motifs is 1. The standard InChI is InChI=1S/C18H16ClN3O2/c19-14-6-4-12(5-7-14)17(23)10-18(24)22-21-16-3-1-2-13-11-20-9-8-15(13)16/h1-9,11,17,21,23H,10H2,(H,22,24). The number of carbonyl (C=O) groups is 1. The van der Waals surface area contributed by atoms with Crippen LogP contribution in [0.3, 0.4) is 0 Å². The van der Waals surface area contributed by atoms with Gasteiger partial charge in [-0.25, -0.2) is 0 Å². The molecule has 0 aliphatic carbocycles. The topological polar surface area (TPSA) is 74.2 Å². The van der Waals surface area contributed by atoms with Crippen molar-refractivity contribution in [2.45, 2.75) is 12.5 Å². The first-order chi connectivity index (χ1) is 11.6. The number of aromatic nitrogens is 1. The molecular weight excluding hydrogens is 326 g/mol. The lowest BCUT2D eigenvalue weighted by Gasteiger charge is -2.14. The predicted octanol–water partition coefficient (Wildman–Crippen LogP) is 3.46. The highest BCUT2D eigenvalue weighted by atomic mass is 35.5. The molecule has 6 heteroatoms. The van der Waals surface area contributed by atoms with Crippen molar-refractivity contribution in [3.8, 4) is 0 Å². The number of hydrazine groups is 1. The van der Waals surface area contributed by atoms with E-state index in [4.69, 9.17) is 11.6 Å². The number of rotatable bonds is 5. The van der Waals surface area contributed by atoms with Crippen LogP contribution >= 0.6 is 11.6 Å². The number of hydrogen-bond acceptors (Lipinski definition) is 4. The third-order valence-electron chi connectivity index (χ3n) is 3.65. The SMILES string of the molecule is O=C(CC(O)c1ccc(Cl)cc1)NNc1cccc2cnccc12. The largest absolute Gasteiger partial charge is 0.388 e. The maximum absolute atomic E-state index is 12.0. The van der Waals surface area contributed by atoms with E-state index in [9.17, 15) is 9.90 Å². The van der Waals surface area contributed by atoms with E-state index in [-0.39, 0.29) is 12.3 Å². The Labute approximate surface area is 144 Å². The van der Waals surface area contributed by atoms with Gasteiger partial charge in [0.15, 0.2) is 0 Å². The molecule has 24 heavy (non-hydrogen) atoms. The summed E-state index contributed by atoms with van der Waals surface area (Å²) in [5.41, 5.74) is 6.91. The number of aliphatic hydroxyl groups excluding tert-OH is 1. The molecule has 0 saturated carbocycles. The van der Waals surface area contributed by atoms with Gasteiger partial charge in [-0.1, -0.05) is 35.9 Å². The van der Waals surface area contributed by atoms with Crippen molar-refractivity contribution in [1.82, 2.24) is 10.4 Å². The highest BCUT2D eigenvalue weighted by molar-refractivity contribution is 6.30. The van der Waals surface area contributed by atoms with E-state index in [1.807, 2.05) is 24.3 Å². The van der Waals surface area contributed by atoms with Crippen LogP contribution in [0.5, 0.6) is 0 Å². The van der Waals surface area contributed by atoms with Crippen molar-refractivity contribution in [2.75, 3.05) is 5.43 Å². The zero-order chi connectivity index (χ0) is 16.9. The Kier molecular flexibility index (Phi) is 4.93. The third-order valence-corrected chi connectivity index (χ3v) is 3.90. The Morgan fingerprint density at radius 1 is 1.17 bits per heavy atom. The van der Waals surface area contributed by atoms with Crippen LogP contribution < -0.4 is 10.9 Å². The first-order valence-electron chi connectivity index (χ1n) is 7.44. The summed E-state index contributed by atoms with van der Waals surface area (Å²) in [6.07, 6.45) is 2.51. The third kappa shape index (κ3) is 3.82. The number of hydrogen-bond donors (Lipinski definition) is 3. The molecule has 3 rings (SSSR count). The van der Waals surface area contributed by atoms with Crippen molar-refractivity contribution in [3.63, 3.8) is 0 Å². The molecular formula is C18H16ClN3O2. The Morgan fingerprint density at radius 3 is 2.75 bits per heavy atom. The molecule has 0 spiro atoms. The van der Waals surface area contributed by atoms with Gasteiger partial charge in [-0.05, 0) is 29.8 Å². The molecule has 0 saturated heterocycles. The number of halogens is 1. The predicted molar refractivity (Wildman–Crippen MR) is 94.5 cm³/mol. The lowest BCUT2D eigenvalue weighted by Crippen LogP contribution is -2.30. The number of pyridine rings is 1. The van der Waals surface area contributed by atoms with Gasteiger partial charge in [0.1, 0.15) is 0 Å². The van der Waals surface area contributed by atoms with Crippen molar-refractivity contribution in [3.05, 3.63) is 71.5 Å². The number of amides is 1. The van der Waals surface area contributed by atoms with Crippen LogP contribution in [0.1, 0.15) is 18.1 Å². The summed E-state index contributed by atoms with van der Waals surface area (Å²) in [4.78, 5) is 16.1. The van der Waals surface area contributed by atoms with Gasteiger partial charge in [0.2, 0.25) is 5.91 Å². The summed E-state index contributed by atoms with van der Waals surface area (Å²) < 4.78 is 0. The van der Waals surface area contributed by atoms with Gasteiger partial charge in [-0.15, -0.1) is 0 Å². The lowest BCUT2D eigenvalue weighted by atomic mass is 10.1. The van der Waals surface area contributed by atoms with Crippen LogP contribution in [-0.2, 0) is 4.79 Å². The van der Waals surface area contributed by atoms with E-state index in [2.05, 4.69) is 15.8 Å². The van der Waals surface area contributed by atoms with Crippen LogP contribution in [0.4, 0.5) is 5.69 Å². The second-order valence-corrected chi connectivity index (χ2v) is 5.78. The van der Waals surface area contributed by atoms with Crippen LogP contribution in [-0.4, -0.2) is 16.0 Å². The molecule has 2 aromatic carbocycles. The number of nitrogens with zero attached hydrogens (tertiary/aromatic N) is 1. The molecule has 1 unspecified atom stereocenters. The molecule has 1 atom stereocenters.